The summed E-state index contributed by atoms with van der Waals surface area (Å²) in [7, 11) is 0. The summed E-state index contributed by atoms with van der Waals surface area (Å²) in [5.41, 5.74) is 3.27. The largest absolute Gasteiger partial charge is 0.344 e. The fourth-order valence-electron chi connectivity index (χ4n) is 2.11. The van der Waals surface area contributed by atoms with Gasteiger partial charge in [0.05, 0.1) is 11.6 Å². The van der Waals surface area contributed by atoms with E-state index in [0.717, 1.165) is 18.4 Å². The van der Waals surface area contributed by atoms with Crippen LogP contribution in [0.2, 0.25) is 5.02 Å². The molecule has 1 aliphatic carbocycles. The molecule has 0 unspecified atom stereocenters. The number of carbonyl (C=O) groups is 1. The van der Waals surface area contributed by atoms with Crippen LogP contribution in [0.1, 0.15) is 34.9 Å². The second kappa shape index (κ2) is 5.31. The third-order valence-electron chi connectivity index (χ3n) is 3.27. The summed E-state index contributed by atoms with van der Waals surface area (Å²) >= 11 is 7.33. The Labute approximate surface area is 120 Å². The van der Waals surface area contributed by atoms with Gasteiger partial charge in [-0.05, 0) is 36.5 Å². The molecule has 5 heteroatoms. The quantitative estimate of drug-likeness (QED) is 0.934. The van der Waals surface area contributed by atoms with Gasteiger partial charge in [-0.2, -0.15) is 0 Å². The van der Waals surface area contributed by atoms with Crippen molar-refractivity contribution in [2.75, 3.05) is 0 Å². The van der Waals surface area contributed by atoms with Crippen LogP contribution in [0.15, 0.2) is 35.2 Å². The Kier molecular flexibility index (Phi) is 3.53. The van der Waals surface area contributed by atoms with Crippen molar-refractivity contribution in [3.63, 3.8) is 0 Å². The van der Waals surface area contributed by atoms with E-state index < -0.39 is 0 Å². The van der Waals surface area contributed by atoms with Gasteiger partial charge in [0.25, 0.3) is 5.91 Å². The van der Waals surface area contributed by atoms with Crippen LogP contribution in [0.4, 0.5) is 0 Å². The van der Waals surface area contributed by atoms with Crippen LogP contribution < -0.4 is 5.32 Å². The zero-order valence-electron chi connectivity index (χ0n) is 10.2. The Morgan fingerprint density at radius 3 is 2.68 bits per heavy atom. The van der Waals surface area contributed by atoms with Crippen molar-refractivity contribution in [3.05, 3.63) is 51.4 Å². The first-order chi connectivity index (χ1) is 9.24. The first kappa shape index (κ1) is 12.6. The Hall–Kier alpha value is -1.39. The highest BCUT2D eigenvalue weighted by atomic mass is 35.5. The molecule has 2 aromatic rings. The lowest BCUT2D eigenvalue weighted by molar-refractivity contribution is 0.0927. The van der Waals surface area contributed by atoms with Gasteiger partial charge in [0.1, 0.15) is 5.69 Å². The molecule has 1 fully saturated rings. The zero-order chi connectivity index (χ0) is 13.2. The van der Waals surface area contributed by atoms with Crippen molar-refractivity contribution < 1.29 is 4.79 Å². The molecule has 1 atom stereocenters. The molecule has 0 bridgehead atoms. The molecular weight excluding hydrogens is 280 g/mol. The van der Waals surface area contributed by atoms with Crippen LogP contribution in [-0.4, -0.2) is 10.9 Å². The van der Waals surface area contributed by atoms with Gasteiger partial charge in [-0.1, -0.05) is 23.7 Å². The summed E-state index contributed by atoms with van der Waals surface area (Å²) in [5, 5.41) is 5.56. The zero-order valence-corrected chi connectivity index (χ0v) is 11.7. The average molecular weight is 293 g/mol. The molecule has 0 radical (unpaired) electrons. The molecule has 3 nitrogen and oxygen atoms in total. The molecule has 0 saturated heterocycles. The molecular formula is C14H13ClN2OS. The fourth-order valence-corrected chi connectivity index (χ4v) is 2.77. The Morgan fingerprint density at radius 1 is 1.37 bits per heavy atom. The topological polar surface area (TPSA) is 42.0 Å². The maximum absolute atomic E-state index is 12.1. The number of benzene rings is 1. The molecule has 1 amide bonds. The number of nitrogens with zero attached hydrogens (tertiary/aromatic N) is 1. The molecule has 98 valence electrons. The van der Waals surface area contributed by atoms with Crippen molar-refractivity contribution in [2.24, 2.45) is 5.92 Å². The lowest BCUT2D eigenvalue weighted by atomic mass is 10.0. The van der Waals surface area contributed by atoms with E-state index >= 15 is 0 Å². The minimum Gasteiger partial charge on any atom is -0.344 e. The van der Waals surface area contributed by atoms with E-state index in [-0.39, 0.29) is 11.9 Å². The van der Waals surface area contributed by atoms with E-state index in [4.69, 9.17) is 11.6 Å². The first-order valence-electron chi connectivity index (χ1n) is 6.18. The highest BCUT2D eigenvalue weighted by Gasteiger charge is 2.33. The molecule has 1 heterocycles. The van der Waals surface area contributed by atoms with Gasteiger partial charge < -0.3 is 5.32 Å². The Bertz CT molecular complexity index is 564. The number of rotatable bonds is 4. The van der Waals surface area contributed by atoms with Gasteiger partial charge in [0.15, 0.2) is 0 Å². The predicted octanol–water partition coefficient (Wildman–Crippen LogP) is 3.68. The van der Waals surface area contributed by atoms with Gasteiger partial charge in [-0.15, -0.1) is 11.3 Å². The van der Waals surface area contributed by atoms with E-state index in [9.17, 15) is 4.79 Å². The molecule has 19 heavy (non-hydrogen) atoms. The van der Waals surface area contributed by atoms with Gasteiger partial charge in [-0.25, -0.2) is 4.98 Å². The number of hydrogen-bond acceptors (Lipinski definition) is 3. The smallest absolute Gasteiger partial charge is 0.271 e. The molecule has 0 aliphatic heterocycles. The highest BCUT2D eigenvalue weighted by Crippen LogP contribution is 2.41. The molecule has 1 aliphatic rings. The molecule has 0 spiro atoms. The predicted molar refractivity (Wildman–Crippen MR) is 76.5 cm³/mol. The third kappa shape index (κ3) is 2.96. The molecule has 3 rings (SSSR count). The summed E-state index contributed by atoms with van der Waals surface area (Å²) in [5.74, 6) is 0.428. The molecule has 1 aromatic heterocycles. The normalized spacial score (nSPS) is 16.1. The molecule has 1 aromatic carbocycles. The number of thiazole rings is 1. The van der Waals surface area contributed by atoms with Crippen LogP contribution in [0.25, 0.3) is 0 Å². The average Bonchev–Trinajstić information content (AvgIpc) is 3.10. The summed E-state index contributed by atoms with van der Waals surface area (Å²) in [4.78, 5) is 16.1. The lowest BCUT2D eigenvalue weighted by Crippen LogP contribution is -2.30. The van der Waals surface area contributed by atoms with Gasteiger partial charge in [0, 0.05) is 10.4 Å². The van der Waals surface area contributed by atoms with E-state index in [1.54, 1.807) is 10.9 Å². The minimum atomic E-state index is -0.104. The monoisotopic (exact) mass is 292 g/mol. The van der Waals surface area contributed by atoms with Crippen molar-refractivity contribution in [3.8, 4) is 0 Å². The number of aromatic nitrogens is 1. The second-order valence-corrected chi connectivity index (χ2v) is 5.87. The third-order valence-corrected chi connectivity index (χ3v) is 4.11. The van der Waals surface area contributed by atoms with Crippen LogP contribution in [0.5, 0.6) is 0 Å². The van der Waals surface area contributed by atoms with Crippen molar-refractivity contribution in [1.29, 1.82) is 0 Å². The van der Waals surface area contributed by atoms with Gasteiger partial charge in [0.2, 0.25) is 0 Å². The van der Waals surface area contributed by atoms with E-state index in [1.165, 1.54) is 11.3 Å². The number of hydrogen-bond donors (Lipinski definition) is 1. The minimum absolute atomic E-state index is 0.0615. The van der Waals surface area contributed by atoms with Crippen molar-refractivity contribution in [1.82, 2.24) is 10.3 Å². The number of halogens is 1. The van der Waals surface area contributed by atoms with Crippen molar-refractivity contribution >= 4 is 28.8 Å². The Morgan fingerprint density at radius 2 is 2.11 bits per heavy atom. The highest BCUT2D eigenvalue weighted by molar-refractivity contribution is 7.07. The van der Waals surface area contributed by atoms with E-state index in [1.807, 2.05) is 24.3 Å². The number of amides is 1. The molecule has 1 saturated carbocycles. The Balaban J connectivity index is 1.78. The summed E-state index contributed by atoms with van der Waals surface area (Å²) in [6.07, 6.45) is 2.31. The maximum atomic E-state index is 12.1. The van der Waals surface area contributed by atoms with Crippen LogP contribution in [0.3, 0.4) is 0 Å². The lowest BCUT2D eigenvalue weighted by Gasteiger charge is -2.18. The summed E-state index contributed by atoms with van der Waals surface area (Å²) in [6.45, 7) is 0. The maximum Gasteiger partial charge on any atom is 0.271 e. The van der Waals surface area contributed by atoms with E-state index in [0.29, 0.717) is 16.6 Å². The first-order valence-corrected chi connectivity index (χ1v) is 7.50. The number of nitrogens with one attached hydrogen (secondary N) is 1. The number of carbonyl (C=O) groups excluding carboxylic acids is 1. The van der Waals surface area contributed by atoms with Crippen LogP contribution >= 0.6 is 22.9 Å². The SMILES string of the molecule is O=C(N[C@@H](c1ccc(Cl)cc1)C1CC1)c1cscn1. The van der Waals surface area contributed by atoms with Gasteiger partial charge >= 0.3 is 0 Å². The van der Waals surface area contributed by atoms with Crippen molar-refractivity contribution in [2.45, 2.75) is 18.9 Å². The fraction of sp³-hybridized carbons (Fsp3) is 0.286. The van der Waals surface area contributed by atoms with Gasteiger partial charge in [-0.3, -0.25) is 4.79 Å². The summed E-state index contributed by atoms with van der Waals surface area (Å²) in [6, 6.07) is 7.74. The van der Waals surface area contributed by atoms with Crippen LogP contribution in [0, 0.1) is 5.92 Å². The second-order valence-electron chi connectivity index (χ2n) is 4.71. The summed E-state index contributed by atoms with van der Waals surface area (Å²) < 4.78 is 0. The van der Waals surface area contributed by atoms with E-state index in [2.05, 4.69) is 10.3 Å². The standard InChI is InChI=1S/C14H13ClN2OS/c15-11-5-3-10(4-6-11)13(9-1-2-9)17-14(18)12-7-19-8-16-12/h3-9,13H,1-2H2,(H,17,18)/t13-/m1/s1. The van der Waals surface area contributed by atoms with Crippen LogP contribution in [-0.2, 0) is 0 Å². The molecule has 1 N–H and O–H groups in total.